The van der Waals surface area contributed by atoms with E-state index in [0.29, 0.717) is 12.1 Å². The van der Waals surface area contributed by atoms with Gasteiger partial charge in [0.1, 0.15) is 0 Å². The Kier molecular flexibility index (Phi) is 4.02. The number of likely N-dealkylation sites (N-methyl/N-ethyl adjacent to an activating group) is 1. The van der Waals surface area contributed by atoms with Crippen molar-refractivity contribution in [3.05, 3.63) is 0 Å². The van der Waals surface area contributed by atoms with E-state index < -0.39 is 0 Å². The third kappa shape index (κ3) is 2.46. The summed E-state index contributed by atoms with van der Waals surface area (Å²) < 4.78 is 5.31. The first-order valence-electron chi connectivity index (χ1n) is 4.98. The molecule has 72 valence electrons. The van der Waals surface area contributed by atoms with Gasteiger partial charge in [0.2, 0.25) is 0 Å². The first-order chi connectivity index (χ1) is 5.77. The van der Waals surface area contributed by atoms with E-state index in [0.717, 1.165) is 5.92 Å². The molecule has 1 fully saturated rings. The van der Waals surface area contributed by atoms with Crippen LogP contribution in [-0.2, 0) is 4.74 Å². The Labute approximate surface area is 75.7 Å². The van der Waals surface area contributed by atoms with Crippen molar-refractivity contribution in [2.75, 3.05) is 14.2 Å². The Morgan fingerprint density at radius 2 is 2.17 bits per heavy atom. The molecule has 0 amide bonds. The summed E-state index contributed by atoms with van der Waals surface area (Å²) in [4.78, 5) is 0. The lowest BCUT2D eigenvalue weighted by Gasteiger charge is -2.31. The summed E-state index contributed by atoms with van der Waals surface area (Å²) in [7, 11) is 3.81. The van der Waals surface area contributed by atoms with E-state index >= 15 is 0 Å². The van der Waals surface area contributed by atoms with Crippen LogP contribution >= 0.6 is 0 Å². The molecule has 12 heavy (non-hydrogen) atoms. The van der Waals surface area contributed by atoms with Gasteiger partial charge in [0.15, 0.2) is 0 Å². The molecule has 1 rings (SSSR count). The summed E-state index contributed by atoms with van der Waals surface area (Å²) in [6.45, 7) is 2.14. The minimum Gasteiger partial charge on any atom is -0.380 e. The average molecular weight is 171 g/mol. The Hall–Kier alpha value is -0.0800. The number of hydrogen-bond donors (Lipinski definition) is 1. The van der Waals surface area contributed by atoms with Crippen molar-refractivity contribution < 1.29 is 4.74 Å². The van der Waals surface area contributed by atoms with Crippen molar-refractivity contribution >= 4 is 0 Å². The predicted octanol–water partition coefficient (Wildman–Crippen LogP) is 1.80. The summed E-state index contributed by atoms with van der Waals surface area (Å²) in [5.41, 5.74) is 0. The molecule has 2 unspecified atom stereocenters. The van der Waals surface area contributed by atoms with Gasteiger partial charge in [0, 0.05) is 13.2 Å². The normalized spacial score (nSPS) is 23.2. The van der Waals surface area contributed by atoms with Crippen LogP contribution in [0.25, 0.3) is 0 Å². The molecule has 1 aliphatic rings. The highest BCUT2D eigenvalue weighted by molar-refractivity contribution is 4.79. The van der Waals surface area contributed by atoms with E-state index in [9.17, 15) is 0 Å². The smallest absolute Gasteiger partial charge is 0.0696 e. The highest BCUT2D eigenvalue weighted by Gasteiger charge is 2.24. The Morgan fingerprint density at radius 3 is 2.50 bits per heavy atom. The van der Waals surface area contributed by atoms with Gasteiger partial charge in [-0.25, -0.2) is 0 Å². The van der Waals surface area contributed by atoms with Crippen molar-refractivity contribution in [3.8, 4) is 0 Å². The lowest BCUT2D eigenvalue weighted by Crippen LogP contribution is -2.39. The molecular weight excluding hydrogens is 150 g/mol. The highest BCUT2D eigenvalue weighted by atomic mass is 16.5. The van der Waals surface area contributed by atoms with Gasteiger partial charge in [-0.1, -0.05) is 19.3 Å². The molecule has 0 aromatic heterocycles. The molecule has 2 atom stereocenters. The molecule has 1 N–H and O–H groups in total. The maximum Gasteiger partial charge on any atom is 0.0696 e. The second-order valence-electron chi connectivity index (χ2n) is 3.87. The Balaban J connectivity index is 2.23. The molecule has 0 spiro atoms. The van der Waals surface area contributed by atoms with Crippen molar-refractivity contribution in [3.63, 3.8) is 0 Å². The molecule has 0 radical (unpaired) electrons. The molecule has 0 aromatic carbocycles. The quantitative estimate of drug-likeness (QED) is 0.681. The van der Waals surface area contributed by atoms with E-state index in [1.165, 1.54) is 25.7 Å². The number of nitrogens with one attached hydrogen (secondary N) is 1. The van der Waals surface area contributed by atoms with Crippen LogP contribution in [0.2, 0.25) is 0 Å². The fourth-order valence-corrected chi connectivity index (χ4v) is 1.80. The van der Waals surface area contributed by atoms with Crippen molar-refractivity contribution in [2.24, 2.45) is 5.92 Å². The van der Waals surface area contributed by atoms with Crippen LogP contribution in [-0.4, -0.2) is 26.3 Å². The number of hydrogen-bond acceptors (Lipinski definition) is 2. The van der Waals surface area contributed by atoms with Gasteiger partial charge >= 0.3 is 0 Å². The zero-order valence-electron chi connectivity index (χ0n) is 8.47. The van der Waals surface area contributed by atoms with Gasteiger partial charge in [0.25, 0.3) is 0 Å². The van der Waals surface area contributed by atoms with E-state index in [4.69, 9.17) is 4.74 Å². The van der Waals surface area contributed by atoms with Gasteiger partial charge in [-0.2, -0.15) is 0 Å². The van der Waals surface area contributed by atoms with Gasteiger partial charge in [-0.15, -0.1) is 0 Å². The number of rotatable bonds is 5. The summed E-state index contributed by atoms with van der Waals surface area (Å²) in [5.74, 6) is 0.958. The van der Waals surface area contributed by atoms with Crippen molar-refractivity contribution in [2.45, 2.75) is 44.8 Å². The summed E-state index contributed by atoms with van der Waals surface area (Å²) in [6, 6.07) is 0.542. The largest absolute Gasteiger partial charge is 0.380 e. The molecule has 0 aromatic rings. The minimum absolute atomic E-state index is 0.343. The summed E-state index contributed by atoms with van der Waals surface area (Å²) in [5, 5.41) is 3.33. The van der Waals surface area contributed by atoms with Crippen molar-refractivity contribution in [1.29, 1.82) is 0 Å². The third-order valence-corrected chi connectivity index (χ3v) is 3.12. The second kappa shape index (κ2) is 4.83. The topological polar surface area (TPSA) is 21.3 Å². The zero-order chi connectivity index (χ0) is 8.97. The Bertz CT molecular complexity index is 123. The monoisotopic (exact) mass is 171 g/mol. The van der Waals surface area contributed by atoms with Crippen LogP contribution in [0, 0.1) is 5.92 Å². The van der Waals surface area contributed by atoms with Gasteiger partial charge in [0.05, 0.1) is 6.10 Å². The Morgan fingerprint density at radius 1 is 1.50 bits per heavy atom. The lowest BCUT2D eigenvalue weighted by atomic mass is 9.80. The molecule has 1 saturated carbocycles. The predicted molar refractivity (Wildman–Crippen MR) is 51.3 cm³/mol. The fraction of sp³-hybridized carbons (Fsp3) is 1.00. The zero-order valence-corrected chi connectivity index (χ0v) is 8.47. The maximum atomic E-state index is 5.31. The first-order valence-corrected chi connectivity index (χ1v) is 4.98. The molecule has 0 bridgehead atoms. The van der Waals surface area contributed by atoms with Crippen molar-refractivity contribution in [1.82, 2.24) is 5.32 Å². The van der Waals surface area contributed by atoms with E-state index in [-0.39, 0.29) is 0 Å². The molecule has 0 aliphatic heterocycles. The third-order valence-electron chi connectivity index (χ3n) is 3.12. The van der Waals surface area contributed by atoms with Crippen LogP contribution < -0.4 is 5.32 Å². The van der Waals surface area contributed by atoms with E-state index in [1.807, 2.05) is 7.05 Å². The average Bonchev–Trinajstić information content (AvgIpc) is 2.02. The van der Waals surface area contributed by atoms with Gasteiger partial charge in [-0.05, 0) is 26.3 Å². The number of methoxy groups -OCH3 is 1. The molecular formula is C10H21NO. The van der Waals surface area contributed by atoms with E-state index in [1.54, 1.807) is 7.11 Å². The minimum atomic E-state index is 0.343. The molecule has 1 aliphatic carbocycles. The van der Waals surface area contributed by atoms with E-state index in [2.05, 4.69) is 12.2 Å². The lowest BCUT2D eigenvalue weighted by molar-refractivity contribution is 0.0701. The van der Waals surface area contributed by atoms with Crippen LogP contribution in [0.5, 0.6) is 0 Å². The molecule has 0 heterocycles. The standard InChI is InChI=1S/C10H21NO/c1-8(12-3)10(11-2)7-9-5-4-6-9/h8-11H,4-7H2,1-3H3. The maximum absolute atomic E-state index is 5.31. The first kappa shape index (κ1) is 10.0. The van der Waals surface area contributed by atoms with Gasteiger partial charge in [-0.3, -0.25) is 0 Å². The molecule has 0 saturated heterocycles. The summed E-state index contributed by atoms with van der Waals surface area (Å²) in [6.07, 6.45) is 5.91. The molecule has 2 nitrogen and oxygen atoms in total. The van der Waals surface area contributed by atoms with Crippen LogP contribution in [0.15, 0.2) is 0 Å². The number of ether oxygens (including phenoxy) is 1. The van der Waals surface area contributed by atoms with Crippen LogP contribution in [0.1, 0.15) is 32.6 Å². The van der Waals surface area contributed by atoms with Crippen LogP contribution in [0.4, 0.5) is 0 Å². The molecule has 2 heteroatoms. The van der Waals surface area contributed by atoms with Gasteiger partial charge < -0.3 is 10.1 Å². The van der Waals surface area contributed by atoms with Crippen LogP contribution in [0.3, 0.4) is 0 Å². The fourth-order valence-electron chi connectivity index (χ4n) is 1.80. The SMILES string of the molecule is CNC(CC1CCC1)C(C)OC. The summed E-state index contributed by atoms with van der Waals surface area (Å²) >= 11 is 0. The second-order valence-corrected chi connectivity index (χ2v) is 3.87. The highest BCUT2D eigenvalue weighted by Crippen LogP contribution is 2.31.